The van der Waals surface area contributed by atoms with E-state index in [2.05, 4.69) is 9.80 Å². The molecule has 2 unspecified atom stereocenters. The van der Waals surface area contributed by atoms with Crippen LogP contribution in [0.2, 0.25) is 0 Å². The van der Waals surface area contributed by atoms with Gasteiger partial charge in [-0.05, 0) is 0 Å². The topological polar surface area (TPSA) is 34.2 Å². The second-order valence-corrected chi connectivity index (χ2v) is 6.28. The van der Waals surface area contributed by atoms with Crippen LogP contribution in [0.4, 0.5) is 4.39 Å². The highest BCUT2D eigenvalue weighted by Crippen LogP contribution is 2.17. The Balaban J connectivity index is 1.85. The zero-order valence-corrected chi connectivity index (χ0v) is 14.2. The summed E-state index contributed by atoms with van der Waals surface area (Å²) in [6, 6.07) is 5.72. The van der Waals surface area contributed by atoms with E-state index in [1.807, 2.05) is 18.2 Å². The predicted molar refractivity (Wildman–Crippen MR) is 89.4 cm³/mol. The van der Waals surface area contributed by atoms with E-state index in [0.717, 1.165) is 37.3 Å². The minimum Gasteiger partial charge on any atom is -0.379 e. The number of hydrogen-bond acceptors (Lipinski definition) is 5. The molecule has 4 bridgehead atoms. The molecule has 5 nitrogen and oxygen atoms in total. The van der Waals surface area contributed by atoms with Gasteiger partial charge in [0.1, 0.15) is 5.82 Å². The fraction of sp³-hybridized carbons (Fsp3) is 0.667. The Hall–Kier alpha value is -1.05. The first kappa shape index (κ1) is 17.8. The lowest BCUT2D eigenvalue weighted by atomic mass is 10.1. The molecule has 134 valence electrons. The van der Waals surface area contributed by atoms with Gasteiger partial charge in [-0.1, -0.05) is 18.2 Å². The van der Waals surface area contributed by atoms with Crippen molar-refractivity contribution < 1.29 is 18.6 Å². The fourth-order valence-electron chi connectivity index (χ4n) is 3.10. The maximum Gasteiger partial charge on any atom is 0.132 e. The predicted octanol–water partition coefficient (Wildman–Crippen LogP) is 1.51. The van der Waals surface area contributed by atoms with E-state index in [1.54, 1.807) is 0 Å². The minimum atomic E-state index is -0.0781. The van der Waals surface area contributed by atoms with E-state index < -0.39 is 0 Å². The lowest BCUT2D eigenvalue weighted by molar-refractivity contribution is 0.0313. The van der Waals surface area contributed by atoms with E-state index in [1.165, 1.54) is 0 Å². The van der Waals surface area contributed by atoms with Crippen molar-refractivity contribution in [3.63, 3.8) is 0 Å². The smallest absolute Gasteiger partial charge is 0.132 e. The highest BCUT2D eigenvalue weighted by molar-refractivity contribution is 5.26. The average molecular weight is 338 g/mol. The van der Waals surface area contributed by atoms with Crippen LogP contribution in [-0.4, -0.2) is 75.6 Å². The summed E-state index contributed by atoms with van der Waals surface area (Å²) in [4.78, 5) is 4.39. The third-order valence-electron chi connectivity index (χ3n) is 4.53. The number of benzene rings is 1. The molecule has 1 aromatic carbocycles. The van der Waals surface area contributed by atoms with Gasteiger partial charge in [-0.25, -0.2) is 4.39 Å². The maximum absolute atomic E-state index is 14.9. The number of rotatable bonds is 0. The van der Waals surface area contributed by atoms with Gasteiger partial charge in [0.15, 0.2) is 0 Å². The number of hydrogen-bond donors (Lipinski definition) is 0. The Kier molecular flexibility index (Phi) is 6.98. The van der Waals surface area contributed by atoms with E-state index in [4.69, 9.17) is 14.2 Å². The van der Waals surface area contributed by atoms with Crippen LogP contribution in [0.25, 0.3) is 0 Å². The Morgan fingerprint density at radius 1 is 0.667 bits per heavy atom. The third-order valence-corrected chi connectivity index (χ3v) is 4.53. The molecule has 24 heavy (non-hydrogen) atoms. The molecule has 0 aliphatic carbocycles. The van der Waals surface area contributed by atoms with Crippen LogP contribution in [-0.2, 0) is 27.3 Å². The van der Waals surface area contributed by atoms with Gasteiger partial charge in [0.25, 0.3) is 0 Å². The number of ether oxygens (including phenoxy) is 3. The number of halogens is 1. The molecule has 3 aliphatic rings. The molecule has 0 spiro atoms. The first-order chi connectivity index (χ1) is 11.8. The van der Waals surface area contributed by atoms with Crippen molar-refractivity contribution in [1.82, 2.24) is 9.80 Å². The largest absolute Gasteiger partial charge is 0.379 e. The first-order valence-electron chi connectivity index (χ1n) is 8.77. The molecule has 0 radical (unpaired) electrons. The van der Waals surface area contributed by atoms with E-state index in [9.17, 15) is 4.39 Å². The van der Waals surface area contributed by atoms with E-state index in [0.29, 0.717) is 52.7 Å². The van der Waals surface area contributed by atoms with Gasteiger partial charge in [-0.3, -0.25) is 9.80 Å². The zero-order chi connectivity index (χ0) is 16.6. The quantitative estimate of drug-likeness (QED) is 0.716. The summed E-state index contributed by atoms with van der Waals surface area (Å²) < 4.78 is 31.9. The second kappa shape index (κ2) is 9.44. The summed E-state index contributed by atoms with van der Waals surface area (Å²) in [5, 5.41) is 0. The van der Waals surface area contributed by atoms with Gasteiger partial charge in [-0.2, -0.15) is 0 Å². The van der Waals surface area contributed by atoms with Crippen LogP contribution < -0.4 is 0 Å². The number of fused-ring (bicyclic) bond motifs is 11. The molecule has 0 N–H and O–H groups in total. The van der Waals surface area contributed by atoms with Crippen molar-refractivity contribution in [2.75, 3.05) is 65.8 Å². The van der Waals surface area contributed by atoms with Crippen molar-refractivity contribution in [3.05, 3.63) is 35.1 Å². The summed E-state index contributed by atoms with van der Waals surface area (Å²) >= 11 is 0. The SMILES string of the molecule is Fc1c2cccc1CN1CCOCCOCCN(CCOCC1)C2. The Morgan fingerprint density at radius 3 is 1.54 bits per heavy atom. The Morgan fingerprint density at radius 2 is 1.08 bits per heavy atom. The molecule has 1 fully saturated rings. The standard InChI is InChI=1S/C18H27FN2O3/c19-18-16-2-1-3-17(18)15-21-5-9-22-8-4-20(14-16)6-10-23-12-13-24-11-7-21/h1-3H,4-15H2. The summed E-state index contributed by atoms with van der Waals surface area (Å²) in [7, 11) is 0. The molecule has 4 rings (SSSR count). The minimum absolute atomic E-state index is 0.0781. The molecule has 2 atom stereocenters. The van der Waals surface area contributed by atoms with Crippen molar-refractivity contribution in [1.29, 1.82) is 0 Å². The molecule has 6 heteroatoms. The summed E-state index contributed by atoms with van der Waals surface area (Å²) in [6.45, 7) is 8.03. The van der Waals surface area contributed by atoms with Crippen LogP contribution >= 0.6 is 0 Å². The molecule has 0 amide bonds. The summed E-state index contributed by atoms with van der Waals surface area (Å²) in [6.07, 6.45) is 0. The molecule has 1 aromatic rings. The van der Waals surface area contributed by atoms with Gasteiger partial charge in [0, 0.05) is 50.4 Å². The third kappa shape index (κ3) is 5.22. The molecule has 0 saturated carbocycles. The molecule has 1 saturated heterocycles. The summed E-state index contributed by atoms with van der Waals surface area (Å²) in [5.41, 5.74) is 1.50. The highest BCUT2D eigenvalue weighted by Gasteiger charge is 2.16. The lowest BCUT2D eigenvalue weighted by Gasteiger charge is -2.26. The molecule has 3 aliphatic heterocycles. The number of nitrogens with zero attached hydrogens (tertiary/aromatic N) is 2. The van der Waals surface area contributed by atoms with E-state index in [-0.39, 0.29) is 5.82 Å². The molecular formula is C18H27FN2O3. The second-order valence-electron chi connectivity index (χ2n) is 6.28. The molecule has 0 aromatic heterocycles. The molecule has 3 heterocycles. The monoisotopic (exact) mass is 338 g/mol. The van der Waals surface area contributed by atoms with Crippen LogP contribution in [0.5, 0.6) is 0 Å². The highest BCUT2D eigenvalue weighted by atomic mass is 19.1. The van der Waals surface area contributed by atoms with Crippen LogP contribution in [0.1, 0.15) is 11.1 Å². The van der Waals surface area contributed by atoms with Gasteiger partial charge in [0.2, 0.25) is 0 Å². The first-order valence-corrected chi connectivity index (χ1v) is 8.77. The van der Waals surface area contributed by atoms with Gasteiger partial charge in [-0.15, -0.1) is 0 Å². The summed E-state index contributed by atoms with van der Waals surface area (Å²) in [5.74, 6) is -0.0781. The van der Waals surface area contributed by atoms with Crippen LogP contribution in [0.3, 0.4) is 0 Å². The zero-order valence-electron chi connectivity index (χ0n) is 14.2. The van der Waals surface area contributed by atoms with Crippen molar-refractivity contribution in [3.8, 4) is 0 Å². The van der Waals surface area contributed by atoms with Crippen LogP contribution in [0.15, 0.2) is 18.2 Å². The Labute approximate surface area is 143 Å². The Bertz CT molecular complexity index is 475. The lowest BCUT2D eigenvalue weighted by Crippen LogP contribution is -2.34. The van der Waals surface area contributed by atoms with Crippen LogP contribution in [0, 0.1) is 5.82 Å². The fourth-order valence-corrected chi connectivity index (χ4v) is 3.10. The van der Waals surface area contributed by atoms with Crippen molar-refractivity contribution in [2.24, 2.45) is 0 Å². The molecular weight excluding hydrogens is 311 g/mol. The normalized spacial score (nSPS) is 27.4. The van der Waals surface area contributed by atoms with Crippen molar-refractivity contribution in [2.45, 2.75) is 13.1 Å². The van der Waals surface area contributed by atoms with E-state index >= 15 is 0 Å². The van der Waals surface area contributed by atoms with Gasteiger partial charge < -0.3 is 14.2 Å². The maximum atomic E-state index is 14.9. The van der Waals surface area contributed by atoms with Crippen molar-refractivity contribution >= 4 is 0 Å². The average Bonchev–Trinajstić information content (AvgIpc) is 2.59. The van der Waals surface area contributed by atoms with Gasteiger partial charge in [0.05, 0.1) is 39.6 Å². The van der Waals surface area contributed by atoms with Gasteiger partial charge >= 0.3 is 0 Å².